The molecule has 2 aromatic carbocycles. The van der Waals surface area contributed by atoms with Gasteiger partial charge in [0.1, 0.15) is 0 Å². The van der Waals surface area contributed by atoms with Crippen molar-refractivity contribution in [1.82, 2.24) is 9.55 Å². The number of aromatic nitrogens is 2. The third kappa shape index (κ3) is 7.85. The van der Waals surface area contributed by atoms with E-state index in [2.05, 4.69) is 0 Å². The maximum atomic E-state index is 12.3. The summed E-state index contributed by atoms with van der Waals surface area (Å²) in [6.45, 7) is -4.15. The largest absolute Gasteiger partial charge is 0.329 e. The average molecular weight is 409 g/mol. The number of aromatic amines is 1. The summed E-state index contributed by atoms with van der Waals surface area (Å²) in [5, 5.41) is 0. The van der Waals surface area contributed by atoms with E-state index in [1.165, 1.54) is 6.92 Å². The second-order valence-corrected chi connectivity index (χ2v) is 4.81. The Bertz CT molecular complexity index is 2010. The summed E-state index contributed by atoms with van der Waals surface area (Å²) >= 11 is 0. The third-order valence-corrected chi connectivity index (χ3v) is 2.66. The fraction of sp³-hybridized carbons (Fsp3) is 0.120. The summed E-state index contributed by atoms with van der Waals surface area (Å²) in [4.78, 5) is 25.1. The van der Waals surface area contributed by atoms with Crippen LogP contribution >= 0.6 is 0 Å². The molecule has 0 saturated carbocycles. The van der Waals surface area contributed by atoms with Crippen LogP contribution in [-0.2, 0) is 0 Å². The molecular weight excluding hydrogens is 360 g/mol. The summed E-state index contributed by atoms with van der Waals surface area (Å²) in [5.41, 5.74) is -4.19. The lowest BCUT2D eigenvalue weighted by atomic mass is 10.2. The number of hydrogen-bond acceptors (Lipinski definition) is 2. The third-order valence-electron chi connectivity index (χ3n) is 2.66. The smallest absolute Gasteiger partial charge is 0.255 e. The number of nitrogens with zero attached hydrogens (tertiary/aromatic N) is 1. The highest BCUT2D eigenvalue weighted by Crippen LogP contribution is 2.04. The molecule has 0 aliphatic carbocycles. The zero-order chi connectivity index (χ0) is 40.0. The summed E-state index contributed by atoms with van der Waals surface area (Å²) in [5.74, 6) is 0. The van der Waals surface area contributed by atoms with Crippen molar-refractivity contribution in [3.63, 3.8) is 0 Å². The molecule has 0 amide bonds. The Morgan fingerprint density at radius 3 is 2.03 bits per heavy atom. The highest BCUT2D eigenvalue weighted by atomic mass is 16.1. The average Bonchev–Trinajstić information content (AvgIpc) is 3.02. The molecule has 0 spiro atoms. The minimum Gasteiger partial charge on any atom is -0.329 e. The number of rotatable bonds is 1. The maximum absolute atomic E-state index is 12.3. The van der Waals surface area contributed by atoms with Crippen molar-refractivity contribution >= 4 is 0 Å². The van der Waals surface area contributed by atoms with Gasteiger partial charge in [0.05, 0.1) is 21.9 Å². The van der Waals surface area contributed by atoms with Crippen molar-refractivity contribution in [2.45, 2.75) is 20.6 Å². The van der Waals surface area contributed by atoms with Gasteiger partial charge in [-0.1, -0.05) is 66.0 Å². The lowest BCUT2D eigenvalue weighted by Gasteiger charge is -2.05. The fourth-order valence-corrected chi connectivity index (χ4v) is 1.49. The van der Waals surface area contributed by atoms with Crippen LogP contribution in [0.15, 0.2) is 107 Å². The van der Waals surface area contributed by atoms with Crippen LogP contribution in [-0.4, -0.2) is 9.55 Å². The van der Waals surface area contributed by atoms with Gasteiger partial charge in [0.2, 0.25) is 5.56 Å². The molecule has 4 nitrogen and oxygen atoms in total. The standard InChI is InChI=1S/C12H11NO.C7H8.C6H7NO/c1-10-7-8-12(14)13(9-10)11-5-3-2-4-6-11;1-7-5-3-2-4-6-7;1-5-2-3-6(8)7-4-5/h2-9H,1H3;2-6H,1H3;2-4H,1H3,(H,7,8)/i1D3,2D,3D,4D,5D,6D,7D,8D,9D;2D,3D,4D,5D,6D;1D3,2D,3D,4D. The first-order chi connectivity index (χ1) is 23.0. The van der Waals surface area contributed by atoms with Gasteiger partial charge in [0.15, 0.2) is 0 Å². The molecule has 4 heteroatoms. The van der Waals surface area contributed by atoms with Gasteiger partial charge in [-0.15, -0.1) is 0 Å². The second-order valence-electron chi connectivity index (χ2n) is 4.81. The van der Waals surface area contributed by atoms with E-state index in [4.69, 9.17) is 30.2 Å². The SMILES string of the molecule is [2H]c1[nH]c(=O)c([2H])c([2H])c1C([2H])([2H])[2H].[2H]c1c([2H])c([2H])c(-n2c([2H])c(C([2H])([2H])[2H])c([2H])c([2H])c2=O)c([2H])c1[2H].[2H]c1c([2H])c([2H])c(C)c([2H])c1[2H]. The van der Waals surface area contributed by atoms with E-state index in [1.807, 2.05) is 4.98 Å². The van der Waals surface area contributed by atoms with E-state index < -0.39 is 108 Å². The predicted octanol–water partition coefficient (Wildman–Crippen LogP) is 4.82. The van der Waals surface area contributed by atoms with Crippen molar-refractivity contribution in [2.75, 3.05) is 0 Å². The molecule has 2 heterocycles. The molecule has 4 rings (SSSR count). The van der Waals surface area contributed by atoms with Crippen molar-refractivity contribution < 1.29 is 30.2 Å². The van der Waals surface area contributed by atoms with Gasteiger partial charge in [-0.2, -0.15) is 0 Å². The van der Waals surface area contributed by atoms with Gasteiger partial charge in [-0.25, -0.2) is 0 Å². The zero-order valence-corrected chi connectivity index (χ0v) is 14.8. The Hall–Kier alpha value is -3.66. The van der Waals surface area contributed by atoms with Gasteiger partial charge in [0.25, 0.3) is 5.56 Å². The molecule has 0 aliphatic rings. The van der Waals surface area contributed by atoms with E-state index in [0.717, 1.165) is 0 Å². The van der Waals surface area contributed by atoms with Gasteiger partial charge >= 0.3 is 0 Å². The van der Waals surface area contributed by atoms with Crippen LogP contribution in [0.3, 0.4) is 0 Å². The predicted molar refractivity (Wildman–Crippen MR) is 120 cm³/mol. The van der Waals surface area contributed by atoms with Crippen LogP contribution in [0.2, 0.25) is 0 Å². The number of H-pyrrole nitrogens is 1. The van der Waals surface area contributed by atoms with E-state index in [9.17, 15) is 9.59 Å². The van der Waals surface area contributed by atoms with Crippen molar-refractivity contribution in [3.8, 4) is 5.69 Å². The molecule has 0 saturated heterocycles. The van der Waals surface area contributed by atoms with Crippen LogP contribution in [0.25, 0.3) is 5.69 Å². The van der Waals surface area contributed by atoms with Crippen molar-refractivity contribution in [3.05, 3.63) is 134 Å². The Kier molecular flexibility index (Phi) is 2.49. The molecule has 0 unspecified atom stereocenters. The van der Waals surface area contributed by atoms with Crippen molar-refractivity contribution in [2.24, 2.45) is 0 Å². The minimum atomic E-state index is -3.01. The lowest BCUT2D eigenvalue weighted by molar-refractivity contribution is 0.976. The van der Waals surface area contributed by atoms with E-state index in [0.29, 0.717) is 5.56 Å². The second kappa shape index (κ2) is 11.2. The topological polar surface area (TPSA) is 54.9 Å². The molecule has 29 heavy (non-hydrogen) atoms. The van der Waals surface area contributed by atoms with Crippen LogP contribution in [0.5, 0.6) is 0 Å². The first-order valence-corrected chi connectivity index (χ1v) is 7.58. The molecular formula is C25H26N2O2. The zero-order valence-electron chi connectivity index (χ0n) is 36.8. The van der Waals surface area contributed by atoms with Gasteiger partial charge in [0, 0.05) is 38.3 Å². The van der Waals surface area contributed by atoms with E-state index in [-0.39, 0.29) is 34.8 Å². The molecule has 4 aromatic rings. The normalized spacial score (nSPS) is 21.1. The van der Waals surface area contributed by atoms with Crippen LogP contribution < -0.4 is 11.1 Å². The fourth-order valence-electron chi connectivity index (χ4n) is 1.49. The van der Waals surface area contributed by atoms with Gasteiger partial charge < -0.3 is 4.98 Å². The first-order valence-electron chi connectivity index (χ1n) is 18.6. The summed E-state index contributed by atoms with van der Waals surface area (Å²) in [6, 6.07) is -8.50. The molecule has 1 N–H and O–H groups in total. The number of benzene rings is 2. The Balaban J connectivity index is 0.000000292. The van der Waals surface area contributed by atoms with E-state index >= 15 is 0 Å². The monoisotopic (exact) mass is 408 g/mol. The Morgan fingerprint density at radius 1 is 0.759 bits per heavy atom. The number of para-hydroxylation sites is 1. The number of nitrogens with one attached hydrogen (secondary N) is 1. The summed E-state index contributed by atoms with van der Waals surface area (Å²) < 4.78 is 163. The quantitative estimate of drug-likeness (QED) is 0.491. The minimum absolute atomic E-state index is 0.124. The number of hydrogen-bond donors (Lipinski definition) is 1. The Labute approximate surface area is 202 Å². The molecule has 0 bridgehead atoms. The maximum Gasteiger partial charge on any atom is 0.255 e. The van der Waals surface area contributed by atoms with Crippen LogP contribution in [0, 0.1) is 20.6 Å². The van der Waals surface area contributed by atoms with Crippen LogP contribution in [0.1, 0.15) is 46.8 Å². The molecule has 2 aromatic heterocycles. The molecule has 0 atom stereocenters. The molecule has 0 fully saturated rings. The van der Waals surface area contributed by atoms with Gasteiger partial charge in [-0.3, -0.25) is 14.2 Å². The lowest BCUT2D eigenvalue weighted by Crippen LogP contribution is -2.16. The molecule has 0 aliphatic heterocycles. The van der Waals surface area contributed by atoms with Crippen molar-refractivity contribution in [1.29, 1.82) is 0 Å². The number of pyridine rings is 2. The Morgan fingerprint density at radius 2 is 1.38 bits per heavy atom. The molecule has 0 radical (unpaired) electrons. The highest BCUT2D eigenvalue weighted by Gasteiger charge is 1.97. The van der Waals surface area contributed by atoms with E-state index in [1.54, 1.807) is 0 Å². The first kappa shape index (κ1) is 6.42. The molecule has 148 valence electrons. The summed E-state index contributed by atoms with van der Waals surface area (Å²) in [7, 11) is 0. The highest BCUT2D eigenvalue weighted by molar-refractivity contribution is 5.32. The van der Waals surface area contributed by atoms with Crippen LogP contribution in [0.4, 0.5) is 0 Å². The summed E-state index contributed by atoms with van der Waals surface area (Å²) in [6.07, 6.45) is -1.65. The van der Waals surface area contributed by atoms with Gasteiger partial charge in [-0.05, 0) is 43.8 Å².